The molecule has 0 aromatic carbocycles. The number of pyridine rings is 1. The number of carbonyl (C=O) groups is 1. The number of aromatic nitrogens is 1. The molecule has 24 heavy (non-hydrogen) atoms. The summed E-state index contributed by atoms with van der Waals surface area (Å²) >= 11 is 0. The molecule has 1 aromatic heterocycles. The van der Waals surface area contributed by atoms with Gasteiger partial charge in [0, 0.05) is 18.7 Å². The molecule has 7 nitrogen and oxygen atoms in total. The first kappa shape index (κ1) is 17.2. The van der Waals surface area contributed by atoms with Crippen LogP contribution >= 0.6 is 0 Å². The number of rotatable bonds is 5. The van der Waals surface area contributed by atoms with Crippen LogP contribution < -0.4 is 10.1 Å². The maximum absolute atomic E-state index is 12.6. The second-order valence-electron chi connectivity index (χ2n) is 6.50. The van der Waals surface area contributed by atoms with E-state index in [1.165, 1.54) is 4.31 Å². The van der Waals surface area contributed by atoms with Gasteiger partial charge in [-0.15, -0.1) is 0 Å². The average molecular weight is 353 g/mol. The van der Waals surface area contributed by atoms with Gasteiger partial charge in [0.25, 0.3) is 0 Å². The van der Waals surface area contributed by atoms with E-state index in [2.05, 4.69) is 10.3 Å². The smallest absolute Gasteiger partial charge is 0.238 e. The maximum atomic E-state index is 12.6. The molecule has 2 heterocycles. The van der Waals surface area contributed by atoms with Crippen LogP contribution in [0.4, 0.5) is 0 Å². The van der Waals surface area contributed by atoms with Crippen LogP contribution in [-0.2, 0) is 14.8 Å². The first-order valence-corrected chi connectivity index (χ1v) is 10.1. The van der Waals surface area contributed by atoms with Crippen molar-refractivity contribution < 1.29 is 17.9 Å². The van der Waals surface area contributed by atoms with E-state index in [4.69, 9.17) is 4.74 Å². The van der Waals surface area contributed by atoms with E-state index >= 15 is 0 Å². The lowest BCUT2D eigenvalue weighted by Gasteiger charge is -2.22. The van der Waals surface area contributed by atoms with Gasteiger partial charge in [-0.2, -0.15) is 4.31 Å². The van der Waals surface area contributed by atoms with E-state index in [1.54, 1.807) is 24.5 Å². The van der Waals surface area contributed by atoms with Crippen molar-refractivity contribution in [3.8, 4) is 5.75 Å². The highest BCUT2D eigenvalue weighted by atomic mass is 32.2. The molecule has 2 atom stereocenters. The molecular weight excluding hydrogens is 330 g/mol. The Kier molecular flexibility index (Phi) is 5.05. The van der Waals surface area contributed by atoms with Crippen molar-refractivity contribution in [3.05, 3.63) is 24.5 Å². The third-order valence-corrected chi connectivity index (χ3v) is 5.84. The third kappa shape index (κ3) is 4.05. The van der Waals surface area contributed by atoms with Crippen molar-refractivity contribution in [3.63, 3.8) is 0 Å². The molecule has 1 amide bonds. The molecular formula is C16H23N3O4S. The van der Waals surface area contributed by atoms with Crippen LogP contribution in [0, 0.1) is 0 Å². The molecule has 1 saturated carbocycles. The monoisotopic (exact) mass is 353 g/mol. The van der Waals surface area contributed by atoms with E-state index in [0.29, 0.717) is 12.2 Å². The minimum absolute atomic E-state index is 0.164. The van der Waals surface area contributed by atoms with Crippen molar-refractivity contribution in [2.45, 2.75) is 50.3 Å². The molecule has 2 fully saturated rings. The molecule has 8 heteroatoms. The van der Waals surface area contributed by atoms with Crippen LogP contribution in [0.15, 0.2) is 24.5 Å². The number of sulfonamides is 1. The van der Waals surface area contributed by atoms with Gasteiger partial charge in [-0.1, -0.05) is 12.8 Å². The number of amides is 1. The molecule has 0 bridgehead atoms. The summed E-state index contributed by atoms with van der Waals surface area (Å²) < 4.78 is 31.2. The van der Waals surface area contributed by atoms with Crippen molar-refractivity contribution in [1.29, 1.82) is 0 Å². The van der Waals surface area contributed by atoms with Crippen LogP contribution in [-0.4, -0.2) is 54.6 Å². The summed E-state index contributed by atoms with van der Waals surface area (Å²) in [5, 5.41) is 2.99. The third-order valence-electron chi connectivity index (χ3n) is 4.58. The second-order valence-corrected chi connectivity index (χ2v) is 8.44. The fraction of sp³-hybridized carbons (Fsp3) is 0.625. The molecule has 0 spiro atoms. The summed E-state index contributed by atoms with van der Waals surface area (Å²) in [6, 6.07) is 2.98. The van der Waals surface area contributed by atoms with Crippen molar-refractivity contribution in [2.24, 2.45) is 0 Å². The van der Waals surface area contributed by atoms with Gasteiger partial charge in [-0.25, -0.2) is 8.42 Å². The second kappa shape index (κ2) is 7.06. The summed E-state index contributed by atoms with van der Waals surface area (Å²) in [5.74, 6) is 0.359. The average Bonchev–Trinajstić information content (AvgIpc) is 3.17. The van der Waals surface area contributed by atoms with Gasteiger partial charge >= 0.3 is 0 Å². The maximum Gasteiger partial charge on any atom is 0.238 e. The highest BCUT2D eigenvalue weighted by Crippen LogP contribution is 2.26. The molecule has 2 aliphatic rings. The lowest BCUT2D eigenvalue weighted by molar-refractivity contribution is -0.124. The quantitative estimate of drug-likeness (QED) is 0.850. The van der Waals surface area contributed by atoms with Crippen LogP contribution in [0.5, 0.6) is 5.75 Å². The lowest BCUT2D eigenvalue weighted by atomic mass is 10.1. The first-order valence-electron chi connectivity index (χ1n) is 8.27. The SMILES string of the molecule is CS(=O)(=O)N1C[C@@H](Oc2cccnc2)C[C@H]1C(=O)NC1CCCC1. The summed E-state index contributed by atoms with van der Waals surface area (Å²) in [7, 11) is -3.48. The topological polar surface area (TPSA) is 88.6 Å². The first-order chi connectivity index (χ1) is 11.4. The lowest BCUT2D eigenvalue weighted by Crippen LogP contribution is -2.47. The van der Waals surface area contributed by atoms with Crippen molar-refractivity contribution in [2.75, 3.05) is 12.8 Å². The Hall–Kier alpha value is -1.67. The normalized spacial score (nSPS) is 25.7. The largest absolute Gasteiger partial charge is 0.487 e. The van der Waals surface area contributed by atoms with Gasteiger partial charge < -0.3 is 10.1 Å². The highest BCUT2D eigenvalue weighted by molar-refractivity contribution is 7.88. The summed E-state index contributed by atoms with van der Waals surface area (Å²) in [6.45, 7) is 0.177. The minimum atomic E-state index is -3.48. The zero-order valence-electron chi connectivity index (χ0n) is 13.7. The number of hydrogen-bond donors (Lipinski definition) is 1. The molecule has 1 aromatic rings. The molecule has 132 valence electrons. The van der Waals surface area contributed by atoms with Crippen molar-refractivity contribution in [1.82, 2.24) is 14.6 Å². The Balaban J connectivity index is 1.69. The van der Waals surface area contributed by atoms with Gasteiger partial charge in [0.1, 0.15) is 17.9 Å². The van der Waals surface area contributed by atoms with E-state index in [-0.39, 0.29) is 24.6 Å². The summed E-state index contributed by atoms with van der Waals surface area (Å²) in [6.07, 6.45) is 8.49. The number of nitrogens with one attached hydrogen (secondary N) is 1. The van der Waals surface area contributed by atoms with Crippen LogP contribution in [0.2, 0.25) is 0 Å². The summed E-state index contributed by atoms with van der Waals surface area (Å²) in [5.41, 5.74) is 0. The fourth-order valence-electron chi connectivity index (χ4n) is 3.44. The zero-order valence-corrected chi connectivity index (χ0v) is 14.5. The summed E-state index contributed by atoms with van der Waals surface area (Å²) in [4.78, 5) is 16.6. The van der Waals surface area contributed by atoms with E-state index in [1.807, 2.05) is 0 Å². The van der Waals surface area contributed by atoms with E-state index in [9.17, 15) is 13.2 Å². The van der Waals surface area contributed by atoms with Gasteiger partial charge in [0.05, 0.1) is 19.0 Å². The Morgan fingerprint density at radius 2 is 2.12 bits per heavy atom. The Bertz CT molecular complexity index is 674. The molecule has 0 unspecified atom stereocenters. The Labute approximate surface area is 142 Å². The van der Waals surface area contributed by atoms with Crippen LogP contribution in [0.3, 0.4) is 0 Å². The Morgan fingerprint density at radius 3 is 2.75 bits per heavy atom. The minimum Gasteiger partial charge on any atom is -0.487 e. The Morgan fingerprint density at radius 1 is 1.38 bits per heavy atom. The predicted molar refractivity (Wildman–Crippen MR) is 89.0 cm³/mol. The number of carbonyl (C=O) groups excluding carboxylic acids is 1. The van der Waals surface area contributed by atoms with Gasteiger partial charge in [-0.05, 0) is 25.0 Å². The van der Waals surface area contributed by atoms with Crippen LogP contribution in [0.1, 0.15) is 32.1 Å². The predicted octanol–water partition coefficient (Wildman–Crippen LogP) is 0.922. The fourth-order valence-corrected chi connectivity index (χ4v) is 4.52. The van der Waals surface area contributed by atoms with Crippen LogP contribution in [0.25, 0.3) is 0 Å². The van der Waals surface area contributed by atoms with Gasteiger partial charge in [-0.3, -0.25) is 9.78 Å². The molecule has 3 rings (SSSR count). The van der Waals surface area contributed by atoms with Gasteiger partial charge in [0.2, 0.25) is 15.9 Å². The van der Waals surface area contributed by atoms with Gasteiger partial charge in [0.15, 0.2) is 0 Å². The molecule has 0 radical (unpaired) electrons. The standard InChI is InChI=1S/C16H23N3O4S/c1-24(21,22)19-11-14(23-13-7-4-8-17-10-13)9-15(19)16(20)18-12-5-2-3-6-12/h4,7-8,10,12,14-15H,2-3,5-6,9,11H2,1H3,(H,18,20)/t14-,15-/m0/s1. The number of ether oxygens (including phenoxy) is 1. The van der Waals surface area contributed by atoms with E-state index in [0.717, 1.165) is 31.9 Å². The number of nitrogens with zero attached hydrogens (tertiary/aromatic N) is 2. The highest BCUT2D eigenvalue weighted by Gasteiger charge is 2.43. The molecule has 1 saturated heterocycles. The zero-order chi connectivity index (χ0) is 17.2. The molecule has 1 aliphatic carbocycles. The van der Waals surface area contributed by atoms with Crippen molar-refractivity contribution >= 4 is 15.9 Å². The van der Waals surface area contributed by atoms with E-state index < -0.39 is 16.1 Å². The molecule has 1 N–H and O–H groups in total. The number of hydrogen-bond acceptors (Lipinski definition) is 5. The molecule has 1 aliphatic heterocycles.